The molecule has 0 bridgehead atoms. The predicted molar refractivity (Wildman–Crippen MR) is 103 cm³/mol. The molecule has 2 aromatic carbocycles. The zero-order chi connectivity index (χ0) is 19.2. The number of carboxylic acids is 1. The third-order valence-electron chi connectivity index (χ3n) is 4.32. The maximum atomic E-state index is 12.7. The van der Waals surface area contributed by atoms with E-state index in [1.807, 2.05) is 78.4 Å². The molecule has 0 radical (unpaired) electrons. The summed E-state index contributed by atoms with van der Waals surface area (Å²) in [5.74, 6) is -1.09. The minimum Gasteiger partial charge on any atom is -0.550 e. The third kappa shape index (κ3) is 4.82. The van der Waals surface area contributed by atoms with Crippen molar-refractivity contribution in [3.63, 3.8) is 0 Å². The quantitative estimate of drug-likeness (QED) is 0.610. The highest BCUT2D eigenvalue weighted by molar-refractivity contribution is 6.08. The zero-order valence-corrected chi connectivity index (χ0v) is 15.1. The summed E-state index contributed by atoms with van der Waals surface area (Å²) in [6.07, 6.45) is 5.72. The van der Waals surface area contributed by atoms with Gasteiger partial charge in [-0.15, -0.1) is 0 Å². The number of nitrogens with zero attached hydrogens (tertiary/aromatic N) is 1. The molecule has 27 heavy (non-hydrogen) atoms. The maximum Gasteiger partial charge on any atom is 0.209 e. The van der Waals surface area contributed by atoms with Crippen LogP contribution in [0.15, 0.2) is 72.9 Å². The molecule has 0 aliphatic heterocycles. The van der Waals surface area contributed by atoms with Crippen molar-refractivity contribution in [1.82, 2.24) is 4.57 Å². The fraction of sp³-hybridized carbons (Fsp3) is 0.130. The van der Waals surface area contributed by atoms with Crippen molar-refractivity contribution in [2.45, 2.75) is 19.9 Å². The summed E-state index contributed by atoms with van der Waals surface area (Å²) in [6, 6.07) is 18.5. The topological polar surface area (TPSA) is 62.1 Å². The fourth-order valence-corrected chi connectivity index (χ4v) is 2.85. The first-order valence-electron chi connectivity index (χ1n) is 8.75. The molecule has 3 aromatic rings. The number of ketones is 1. The lowest BCUT2D eigenvalue weighted by Crippen LogP contribution is -2.24. The molecule has 1 heterocycles. The van der Waals surface area contributed by atoms with Crippen LogP contribution in [-0.4, -0.2) is 16.3 Å². The predicted octanol–water partition coefficient (Wildman–Crippen LogP) is 3.03. The molecule has 0 aliphatic carbocycles. The van der Waals surface area contributed by atoms with Gasteiger partial charge in [0.25, 0.3) is 0 Å². The highest BCUT2D eigenvalue weighted by Gasteiger charge is 2.12. The van der Waals surface area contributed by atoms with E-state index >= 15 is 0 Å². The first-order valence-corrected chi connectivity index (χ1v) is 8.75. The van der Waals surface area contributed by atoms with Crippen LogP contribution in [0.5, 0.6) is 0 Å². The number of benzene rings is 2. The van der Waals surface area contributed by atoms with Gasteiger partial charge in [0.2, 0.25) is 5.78 Å². The molecule has 0 N–H and O–H groups in total. The molecule has 0 fully saturated rings. The largest absolute Gasteiger partial charge is 0.550 e. The first kappa shape index (κ1) is 18.4. The van der Waals surface area contributed by atoms with Crippen LogP contribution < -0.4 is 5.11 Å². The van der Waals surface area contributed by atoms with Crippen LogP contribution in [0, 0.1) is 6.92 Å². The van der Waals surface area contributed by atoms with Crippen molar-refractivity contribution in [1.29, 1.82) is 0 Å². The van der Waals surface area contributed by atoms with E-state index in [9.17, 15) is 14.7 Å². The van der Waals surface area contributed by atoms with E-state index in [0.717, 1.165) is 11.1 Å². The van der Waals surface area contributed by atoms with Crippen molar-refractivity contribution in [2.75, 3.05) is 0 Å². The number of hydrogen-bond donors (Lipinski definition) is 0. The highest BCUT2D eigenvalue weighted by Crippen LogP contribution is 2.13. The zero-order valence-electron chi connectivity index (χ0n) is 15.1. The average molecular weight is 358 g/mol. The number of aliphatic carboxylic acids is 1. The van der Waals surface area contributed by atoms with Gasteiger partial charge >= 0.3 is 0 Å². The number of hydrogen-bond acceptors (Lipinski definition) is 3. The molecule has 0 saturated heterocycles. The lowest BCUT2D eigenvalue weighted by atomic mass is 10.1. The Morgan fingerprint density at radius 1 is 1.00 bits per heavy atom. The second-order valence-corrected chi connectivity index (χ2v) is 6.43. The number of allylic oxidation sites excluding steroid dienone is 1. The number of rotatable bonds is 7. The summed E-state index contributed by atoms with van der Waals surface area (Å²) < 4.78 is 1.91. The van der Waals surface area contributed by atoms with Gasteiger partial charge in [-0.3, -0.25) is 4.79 Å². The molecule has 4 nitrogen and oxygen atoms in total. The fourth-order valence-electron chi connectivity index (χ4n) is 2.85. The number of carboxylic acid groups (broad SMARTS) is 1. The van der Waals surface area contributed by atoms with E-state index in [1.54, 1.807) is 12.1 Å². The summed E-state index contributed by atoms with van der Waals surface area (Å²) in [4.78, 5) is 23.3. The van der Waals surface area contributed by atoms with Crippen LogP contribution in [0.3, 0.4) is 0 Å². The molecule has 0 amide bonds. The van der Waals surface area contributed by atoms with Crippen LogP contribution in [-0.2, 0) is 17.8 Å². The van der Waals surface area contributed by atoms with E-state index in [1.165, 1.54) is 0 Å². The Morgan fingerprint density at radius 2 is 1.70 bits per heavy atom. The van der Waals surface area contributed by atoms with E-state index in [4.69, 9.17) is 0 Å². The van der Waals surface area contributed by atoms with E-state index < -0.39 is 5.97 Å². The Hall–Kier alpha value is -3.40. The lowest BCUT2D eigenvalue weighted by Gasteiger charge is -2.07. The Kier molecular flexibility index (Phi) is 5.67. The smallest absolute Gasteiger partial charge is 0.209 e. The van der Waals surface area contributed by atoms with Gasteiger partial charge in [-0.2, -0.15) is 0 Å². The summed E-state index contributed by atoms with van der Waals surface area (Å²) in [6.45, 7) is 2.56. The monoisotopic (exact) mass is 358 g/mol. The van der Waals surface area contributed by atoms with Crippen LogP contribution >= 0.6 is 0 Å². The number of carbonyl (C=O) groups excluding carboxylic acids is 2. The summed E-state index contributed by atoms with van der Waals surface area (Å²) in [7, 11) is 0. The molecular formula is C23H20NO3-. The van der Waals surface area contributed by atoms with E-state index in [-0.39, 0.29) is 12.2 Å². The van der Waals surface area contributed by atoms with Crippen molar-refractivity contribution >= 4 is 17.8 Å². The third-order valence-corrected chi connectivity index (χ3v) is 4.32. The maximum absolute atomic E-state index is 12.7. The number of aromatic nitrogens is 1. The second kappa shape index (κ2) is 8.32. The Labute approximate surface area is 158 Å². The van der Waals surface area contributed by atoms with Crippen molar-refractivity contribution in [2.24, 2.45) is 0 Å². The van der Waals surface area contributed by atoms with Crippen LogP contribution in [0.4, 0.5) is 0 Å². The van der Waals surface area contributed by atoms with Gasteiger partial charge in [0, 0.05) is 30.7 Å². The lowest BCUT2D eigenvalue weighted by molar-refractivity contribution is -0.304. The SMILES string of the molecule is Cc1ccc(C(=O)c2cccn2C/C=C/c2ccc(CC(=O)[O-])cc2)cc1. The molecular weight excluding hydrogens is 338 g/mol. The number of aryl methyl sites for hydroxylation is 1. The molecule has 3 rings (SSSR count). The first-order chi connectivity index (χ1) is 13.0. The molecule has 0 spiro atoms. The summed E-state index contributed by atoms with van der Waals surface area (Å²) in [5, 5.41) is 10.6. The summed E-state index contributed by atoms with van der Waals surface area (Å²) >= 11 is 0. The second-order valence-electron chi connectivity index (χ2n) is 6.43. The Bertz CT molecular complexity index is 964. The molecule has 136 valence electrons. The van der Waals surface area contributed by atoms with E-state index in [2.05, 4.69) is 0 Å². The molecule has 0 aliphatic rings. The van der Waals surface area contributed by atoms with Crippen molar-refractivity contribution < 1.29 is 14.7 Å². The van der Waals surface area contributed by atoms with Gasteiger partial charge < -0.3 is 14.5 Å². The van der Waals surface area contributed by atoms with Gasteiger partial charge in [-0.1, -0.05) is 66.2 Å². The molecule has 4 heteroatoms. The summed E-state index contributed by atoms with van der Waals surface area (Å²) in [5.41, 5.74) is 4.12. The van der Waals surface area contributed by atoms with Gasteiger partial charge in [0.15, 0.2) is 0 Å². The van der Waals surface area contributed by atoms with E-state index in [0.29, 0.717) is 23.4 Å². The van der Waals surface area contributed by atoms with Gasteiger partial charge in [0.05, 0.1) is 5.69 Å². The molecule has 0 saturated carbocycles. The average Bonchev–Trinajstić information content (AvgIpc) is 3.11. The van der Waals surface area contributed by atoms with Gasteiger partial charge in [0.1, 0.15) is 0 Å². The number of carbonyl (C=O) groups is 2. The highest BCUT2D eigenvalue weighted by atomic mass is 16.4. The Balaban J connectivity index is 1.68. The van der Waals surface area contributed by atoms with Crippen molar-refractivity contribution in [3.05, 3.63) is 101 Å². The normalized spacial score (nSPS) is 11.0. The van der Waals surface area contributed by atoms with Gasteiger partial charge in [-0.05, 0) is 30.2 Å². The molecule has 0 atom stereocenters. The van der Waals surface area contributed by atoms with Crippen molar-refractivity contribution in [3.8, 4) is 0 Å². The van der Waals surface area contributed by atoms with Crippen LogP contribution in [0.25, 0.3) is 6.08 Å². The van der Waals surface area contributed by atoms with Crippen LogP contribution in [0.1, 0.15) is 32.7 Å². The van der Waals surface area contributed by atoms with Gasteiger partial charge in [-0.25, -0.2) is 0 Å². The standard InChI is InChI=1S/C23H21NO3/c1-17-6-12-20(13-7-17)23(27)21-5-3-15-24(21)14-2-4-18-8-10-19(11-9-18)16-22(25)26/h2-13,15H,14,16H2,1H3,(H,25,26)/p-1/b4-2+. The minimum atomic E-state index is -1.09. The minimum absolute atomic E-state index is 0.0000306. The molecule has 1 aromatic heterocycles. The van der Waals surface area contributed by atoms with Crippen LogP contribution in [0.2, 0.25) is 0 Å². The Morgan fingerprint density at radius 3 is 2.37 bits per heavy atom. The molecule has 0 unspecified atom stereocenters.